The van der Waals surface area contributed by atoms with E-state index in [0.717, 1.165) is 25.7 Å². The number of ketones is 1. The molecule has 0 heterocycles. The van der Waals surface area contributed by atoms with E-state index in [1.807, 2.05) is 0 Å². The third-order valence-electron chi connectivity index (χ3n) is 6.66. The Morgan fingerprint density at radius 2 is 1.81 bits per heavy atom. The number of hydrogen-bond acceptors (Lipinski definition) is 2. The SMILES string of the molecule is CC1=C[C@@H]2[C@H]3C[C@H](O)C[C@@H]2[C@@H](C1)[C@@H](C(C)C)CC(=O)[C@H]3C. The Balaban J connectivity index is 2.05. The molecule has 0 aromatic rings. The smallest absolute Gasteiger partial charge is 0.136 e. The van der Waals surface area contributed by atoms with Crippen molar-refractivity contribution in [2.45, 2.75) is 59.5 Å². The molecule has 118 valence electrons. The molecule has 2 heteroatoms. The molecule has 0 unspecified atom stereocenters. The second-order valence-electron chi connectivity index (χ2n) is 8.28. The Labute approximate surface area is 129 Å². The minimum atomic E-state index is -0.202. The minimum absolute atomic E-state index is 0.108. The summed E-state index contributed by atoms with van der Waals surface area (Å²) >= 11 is 0. The van der Waals surface area contributed by atoms with Gasteiger partial charge in [0.1, 0.15) is 5.78 Å². The van der Waals surface area contributed by atoms with Gasteiger partial charge in [0.25, 0.3) is 0 Å². The standard InChI is InChI=1S/C19H30O2/c1-10(2)14-9-19(21)12(4)15-7-13(20)8-18-16(14)5-11(3)6-17(15)18/h6,10,12-18,20H,5,7-9H2,1-4H3/t12-,13-,14+,15-,16-,17+,18+/m0/s1. The summed E-state index contributed by atoms with van der Waals surface area (Å²) in [5.41, 5.74) is 1.51. The molecule has 1 N–H and O–H groups in total. The van der Waals surface area contributed by atoms with Gasteiger partial charge < -0.3 is 5.11 Å². The Morgan fingerprint density at radius 1 is 1.14 bits per heavy atom. The van der Waals surface area contributed by atoms with E-state index in [-0.39, 0.29) is 12.0 Å². The Hall–Kier alpha value is -0.630. The Bertz CT molecular complexity index is 450. The highest BCUT2D eigenvalue weighted by atomic mass is 16.3. The van der Waals surface area contributed by atoms with Gasteiger partial charge in [0.05, 0.1) is 6.10 Å². The maximum atomic E-state index is 12.7. The summed E-state index contributed by atoms with van der Waals surface area (Å²) in [6.45, 7) is 8.90. The zero-order valence-corrected chi connectivity index (χ0v) is 13.9. The fourth-order valence-electron chi connectivity index (χ4n) is 5.53. The second-order valence-corrected chi connectivity index (χ2v) is 8.28. The molecule has 3 aliphatic carbocycles. The number of carbonyl (C=O) groups is 1. The van der Waals surface area contributed by atoms with Crippen molar-refractivity contribution in [3.8, 4) is 0 Å². The van der Waals surface area contributed by atoms with Gasteiger partial charge >= 0.3 is 0 Å². The number of hydrogen-bond donors (Lipinski definition) is 1. The van der Waals surface area contributed by atoms with Gasteiger partial charge in [0, 0.05) is 12.3 Å². The van der Waals surface area contributed by atoms with Gasteiger partial charge in [-0.3, -0.25) is 4.79 Å². The number of aliphatic hydroxyl groups excluding tert-OH is 1. The van der Waals surface area contributed by atoms with Gasteiger partial charge in [0.15, 0.2) is 0 Å². The topological polar surface area (TPSA) is 37.3 Å². The van der Waals surface area contributed by atoms with Crippen LogP contribution in [0.25, 0.3) is 0 Å². The van der Waals surface area contributed by atoms with Crippen LogP contribution < -0.4 is 0 Å². The van der Waals surface area contributed by atoms with Crippen molar-refractivity contribution in [2.75, 3.05) is 0 Å². The molecule has 2 saturated carbocycles. The van der Waals surface area contributed by atoms with Crippen molar-refractivity contribution >= 4 is 5.78 Å². The second kappa shape index (κ2) is 5.53. The van der Waals surface area contributed by atoms with E-state index >= 15 is 0 Å². The van der Waals surface area contributed by atoms with Crippen molar-refractivity contribution in [1.29, 1.82) is 0 Å². The molecule has 7 atom stereocenters. The lowest BCUT2D eigenvalue weighted by atomic mass is 9.53. The maximum absolute atomic E-state index is 12.7. The average molecular weight is 290 g/mol. The summed E-state index contributed by atoms with van der Waals surface area (Å²) < 4.78 is 0. The van der Waals surface area contributed by atoms with E-state index in [2.05, 4.69) is 33.8 Å². The summed E-state index contributed by atoms with van der Waals surface area (Å²) in [5.74, 6) is 3.64. The zero-order chi connectivity index (χ0) is 15.3. The molecule has 2 fully saturated rings. The van der Waals surface area contributed by atoms with E-state index in [0.29, 0.717) is 41.3 Å². The highest BCUT2D eigenvalue weighted by Gasteiger charge is 2.49. The van der Waals surface area contributed by atoms with Gasteiger partial charge in [-0.25, -0.2) is 0 Å². The van der Waals surface area contributed by atoms with Gasteiger partial charge in [-0.1, -0.05) is 32.4 Å². The van der Waals surface area contributed by atoms with E-state index in [1.165, 1.54) is 5.57 Å². The van der Waals surface area contributed by atoms with Crippen LogP contribution in [-0.4, -0.2) is 17.0 Å². The van der Waals surface area contributed by atoms with Crippen molar-refractivity contribution in [3.63, 3.8) is 0 Å². The Kier molecular flexibility index (Phi) is 4.02. The van der Waals surface area contributed by atoms with Crippen LogP contribution >= 0.6 is 0 Å². The van der Waals surface area contributed by atoms with Crippen LogP contribution in [0.4, 0.5) is 0 Å². The van der Waals surface area contributed by atoms with Gasteiger partial charge in [0.2, 0.25) is 0 Å². The van der Waals surface area contributed by atoms with E-state index in [4.69, 9.17) is 0 Å². The molecule has 0 aliphatic heterocycles. The van der Waals surface area contributed by atoms with Crippen LogP contribution in [0.2, 0.25) is 0 Å². The van der Waals surface area contributed by atoms with Crippen LogP contribution in [0.5, 0.6) is 0 Å². The average Bonchev–Trinajstić information content (AvgIpc) is 2.42. The summed E-state index contributed by atoms with van der Waals surface area (Å²) in [5, 5.41) is 10.3. The van der Waals surface area contributed by atoms with Gasteiger partial charge in [-0.05, 0) is 61.7 Å². The summed E-state index contributed by atoms with van der Waals surface area (Å²) in [6, 6.07) is 0. The van der Waals surface area contributed by atoms with E-state index < -0.39 is 0 Å². The first-order chi connectivity index (χ1) is 9.88. The molecule has 3 rings (SSSR count). The van der Waals surface area contributed by atoms with Crippen molar-refractivity contribution in [1.82, 2.24) is 0 Å². The van der Waals surface area contributed by atoms with E-state index in [9.17, 15) is 9.90 Å². The molecule has 0 saturated heterocycles. The molecule has 0 spiro atoms. The van der Waals surface area contributed by atoms with Crippen molar-refractivity contribution < 1.29 is 9.90 Å². The number of allylic oxidation sites excluding steroid dienone is 2. The molecule has 21 heavy (non-hydrogen) atoms. The lowest BCUT2D eigenvalue weighted by Crippen LogP contribution is -2.49. The molecular formula is C19H30O2. The van der Waals surface area contributed by atoms with Crippen LogP contribution in [0.15, 0.2) is 11.6 Å². The molecule has 0 radical (unpaired) electrons. The van der Waals surface area contributed by atoms with Crippen LogP contribution in [0, 0.1) is 41.4 Å². The maximum Gasteiger partial charge on any atom is 0.136 e. The fourth-order valence-corrected chi connectivity index (χ4v) is 5.53. The molecule has 2 nitrogen and oxygen atoms in total. The molecule has 0 amide bonds. The fraction of sp³-hybridized carbons (Fsp3) is 0.842. The summed E-state index contributed by atoms with van der Waals surface area (Å²) in [4.78, 5) is 12.7. The third-order valence-corrected chi connectivity index (χ3v) is 6.66. The quantitative estimate of drug-likeness (QED) is 0.745. The van der Waals surface area contributed by atoms with Gasteiger partial charge in [-0.2, -0.15) is 0 Å². The number of aliphatic hydroxyl groups is 1. The number of carbonyl (C=O) groups excluding carboxylic acids is 1. The first-order valence-electron chi connectivity index (χ1n) is 8.76. The first-order valence-corrected chi connectivity index (χ1v) is 8.76. The molecule has 0 aromatic heterocycles. The van der Waals surface area contributed by atoms with Gasteiger partial charge in [-0.15, -0.1) is 0 Å². The third kappa shape index (κ3) is 2.60. The van der Waals surface area contributed by atoms with Crippen LogP contribution in [0.3, 0.4) is 0 Å². The summed E-state index contributed by atoms with van der Waals surface area (Å²) in [7, 11) is 0. The molecular weight excluding hydrogens is 260 g/mol. The highest BCUT2D eigenvalue weighted by Crippen LogP contribution is 2.53. The van der Waals surface area contributed by atoms with E-state index in [1.54, 1.807) is 0 Å². The monoisotopic (exact) mass is 290 g/mol. The van der Waals surface area contributed by atoms with Crippen molar-refractivity contribution in [3.05, 3.63) is 11.6 Å². The lowest BCUT2D eigenvalue weighted by molar-refractivity contribution is -0.132. The van der Waals surface area contributed by atoms with Crippen LogP contribution in [0.1, 0.15) is 53.4 Å². The first kappa shape index (κ1) is 15.3. The zero-order valence-electron chi connectivity index (χ0n) is 13.9. The number of rotatable bonds is 1. The predicted molar refractivity (Wildman–Crippen MR) is 84.7 cm³/mol. The largest absolute Gasteiger partial charge is 0.393 e. The van der Waals surface area contributed by atoms with Crippen LogP contribution in [-0.2, 0) is 4.79 Å². The normalized spacial score (nSPS) is 46.9. The predicted octanol–water partition coefficient (Wildman–Crippen LogP) is 3.84. The minimum Gasteiger partial charge on any atom is -0.393 e. The molecule has 0 aromatic carbocycles. The molecule has 3 aliphatic rings. The molecule has 4 bridgehead atoms. The number of Topliss-reactive ketones (excluding diaryl/α,β-unsaturated/α-hetero) is 1. The Morgan fingerprint density at radius 3 is 2.48 bits per heavy atom. The summed E-state index contributed by atoms with van der Waals surface area (Å²) in [6.07, 6.45) is 5.89. The van der Waals surface area contributed by atoms with Crippen molar-refractivity contribution in [2.24, 2.45) is 41.4 Å². The highest BCUT2D eigenvalue weighted by molar-refractivity contribution is 5.81. The lowest BCUT2D eigenvalue weighted by Gasteiger charge is -2.52.